The van der Waals surface area contributed by atoms with Gasteiger partial charge in [-0.05, 0) is 43.6 Å². The summed E-state index contributed by atoms with van der Waals surface area (Å²) in [5, 5.41) is 12.4. The molecule has 2 rings (SSSR count). The van der Waals surface area contributed by atoms with E-state index < -0.39 is 19.5 Å². The molecular weight excluding hydrogens is 399 g/mol. The van der Waals surface area contributed by atoms with Gasteiger partial charge in [0.25, 0.3) is 7.82 Å². The van der Waals surface area contributed by atoms with E-state index in [1.807, 2.05) is 18.2 Å². The van der Waals surface area contributed by atoms with Crippen molar-refractivity contribution in [2.24, 2.45) is 4.99 Å². The molecule has 1 fully saturated rings. The molecule has 1 aromatic carbocycles. The smallest absolute Gasteiger partial charge is 0.862 e. The molecule has 0 aromatic heterocycles. The number of aliphatic imine (C=N–C) groups is 1. The molecule has 146 valence electrons. The van der Waals surface area contributed by atoms with E-state index in [1.165, 1.54) is 0 Å². The van der Waals surface area contributed by atoms with Crippen LogP contribution in [0.5, 0.6) is 0 Å². The fraction of sp³-hybridized carbons (Fsp3) is 0.632. The Labute approximate surface area is 212 Å². The van der Waals surface area contributed by atoms with Crippen molar-refractivity contribution in [3.05, 3.63) is 35.9 Å². The largest absolute Gasteiger partial charge is 1.00 e. The summed E-state index contributed by atoms with van der Waals surface area (Å²) in [6.45, 7) is 2.14. The van der Waals surface area contributed by atoms with Gasteiger partial charge in [0.05, 0.1) is 0 Å². The Balaban J connectivity index is 0.00000364. The Morgan fingerprint density at radius 1 is 1.21 bits per heavy atom. The average molecular weight is 427 g/mol. The van der Waals surface area contributed by atoms with E-state index in [0.29, 0.717) is 19.3 Å². The Hall–Kier alpha value is 0.800. The summed E-state index contributed by atoms with van der Waals surface area (Å²) < 4.78 is 16.4. The Bertz CT molecular complexity index is 634. The molecule has 1 aromatic rings. The quantitative estimate of drug-likeness (QED) is 0.136. The molecule has 0 saturated heterocycles. The molecule has 0 heterocycles. The Morgan fingerprint density at radius 3 is 2.32 bits per heavy atom. The van der Waals surface area contributed by atoms with Crippen LogP contribution in [0.1, 0.15) is 76.3 Å². The van der Waals surface area contributed by atoms with Gasteiger partial charge in [0.1, 0.15) is 11.6 Å². The van der Waals surface area contributed by atoms with Crippen LogP contribution in [0.3, 0.4) is 0 Å². The van der Waals surface area contributed by atoms with Crippen molar-refractivity contribution in [1.29, 1.82) is 0 Å². The molecule has 1 unspecified atom stereocenters. The maximum Gasteiger partial charge on any atom is 1.00 e. The first-order chi connectivity index (χ1) is 12.4. The molecule has 6 nitrogen and oxygen atoms in total. The van der Waals surface area contributed by atoms with E-state index in [-0.39, 0.29) is 65.0 Å². The number of phosphoric acid groups is 1. The summed E-state index contributed by atoms with van der Waals surface area (Å²) in [7, 11) is -4.93. The zero-order valence-corrected chi connectivity index (χ0v) is 22.2. The van der Waals surface area contributed by atoms with Crippen LogP contribution in [-0.2, 0) is 9.09 Å². The van der Waals surface area contributed by atoms with E-state index >= 15 is 0 Å². The summed E-state index contributed by atoms with van der Waals surface area (Å²) in [6.07, 6.45) is 7.15. The maximum absolute atomic E-state index is 12.4. The van der Waals surface area contributed by atoms with Crippen molar-refractivity contribution in [2.75, 3.05) is 0 Å². The van der Waals surface area contributed by atoms with Gasteiger partial charge in [0, 0.05) is 0 Å². The van der Waals surface area contributed by atoms with Gasteiger partial charge >= 0.3 is 59.1 Å². The van der Waals surface area contributed by atoms with Gasteiger partial charge in [0.2, 0.25) is 0 Å². The monoisotopic (exact) mass is 427 g/mol. The third kappa shape index (κ3) is 9.30. The maximum atomic E-state index is 12.4. The molecule has 9 heteroatoms. The van der Waals surface area contributed by atoms with Crippen LogP contribution in [0, 0.1) is 0 Å². The third-order valence-corrected chi connectivity index (χ3v) is 5.47. The van der Waals surface area contributed by atoms with Crippen LogP contribution >= 0.6 is 7.82 Å². The molecule has 0 radical (unpaired) electrons. The summed E-state index contributed by atoms with van der Waals surface area (Å²) >= 11 is 0. The van der Waals surface area contributed by atoms with Crippen molar-refractivity contribution in [1.82, 2.24) is 0 Å². The molecule has 1 aliphatic carbocycles. The first-order valence-corrected chi connectivity index (χ1v) is 10.9. The van der Waals surface area contributed by atoms with Crippen LogP contribution in [0.2, 0.25) is 0 Å². The molecule has 2 atom stereocenters. The molecule has 1 N–H and O–H groups in total. The van der Waals surface area contributed by atoms with Crippen molar-refractivity contribution in [3.63, 3.8) is 0 Å². The standard InChI is InChI=1S/C19H30NO5P.2Na/c1-2-3-4-5-9-13-17(21)20-18(16-11-7-6-8-12-16)19(14-10-15-19)25-26(22,23)24;;/h6-8,11-12,18H,2-5,9-10,13-15H2,1H3,(H,20,21)(H2,22,23,24);;/q;2*+1/p-2/t18-;;/m0../s1. The first kappa shape index (κ1) is 28.8. The summed E-state index contributed by atoms with van der Waals surface area (Å²) in [6, 6.07) is 8.35. The number of rotatable bonds is 11. The van der Waals surface area contributed by atoms with E-state index in [2.05, 4.69) is 11.9 Å². The molecule has 0 spiro atoms. The molecule has 28 heavy (non-hydrogen) atoms. The van der Waals surface area contributed by atoms with Gasteiger partial charge in [-0.1, -0.05) is 62.9 Å². The zero-order chi connectivity index (χ0) is 19.0. The van der Waals surface area contributed by atoms with E-state index in [9.17, 15) is 19.5 Å². The van der Waals surface area contributed by atoms with E-state index in [4.69, 9.17) is 4.52 Å². The van der Waals surface area contributed by atoms with Crippen LogP contribution in [0.15, 0.2) is 35.3 Å². The molecular formula is C19H28NNa2O5P. The average Bonchev–Trinajstić information content (AvgIpc) is 2.56. The molecule has 0 aliphatic heterocycles. The predicted molar refractivity (Wildman–Crippen MR) is 97.5 cm³/mol. The van der Waals surface area contributed by atoms with E-state index in [0.717, 1.165) is 44.1 Å². The number of hydrogen-bond acceptors (Lipinski definition) is 5. The summed E-state index contributed by atoms with van der Waals surface area (Å²) in [4.78, 5) is 24.9. The number of nitrogens with zero attached hydrogens (tertiary/aromatic N) is 1. The molecule has 0 bridgehead atoms. The SMILES string of the molecule is CCCCCCCC([O-])=N[C@@H](c1ccccc1)C1(OP(=O)([O-])O)CCC1.[Na+].[Na+]. The van der Waals surface area contributed by atoms with Crippen LogP contribution in [-0.4, -0.2) is 16.4 Å². The topological polar surface area (TPSA) is 105 Å². The van der Waals surface area contributed by atoms with Gasteiger partial charge in [-0.3, -0.25) is 9.56 Å². The molecule has 1 aliphatic rings. The second kappa shape index (κ2) is 14.0. The second-order valence-electron chi connectivity index (χ2n) is 6.98. The van der Waals surface area contributed by atoms with Crippen molar-refractivity contribution in [3.8, 4) is 0 Å². The van der Waals surface area contributed by atoms with Gasteiger partial charge in [-0.2, -0.15) is 0 Å². The van der Waals surface area contributed by atoms with Gasteiger partial charge in [-0.25, -0.2) is 0 Å². The fourth-order valence-corrected chi connectivity index (χ4v) is 4.13. The minimum atomic E-state index is -4.93. The summed E-state index contributed by atoms with van der Waals surface area (Å²) in [5.74, 6) is -0.246. The first-order valence-electron chi connectivity index (χ1n) is 9.39. The van der Waals surface area contributed by atoms with Gasteiger partial charge in [0.15, 0.2) is 0 Å². The molecule has 0 amide bonds. The molecule has 1 saturated carbocycles. The van der Waals surface area contributed by atoms with Crippen LogP contribution in [0.4, 0.5) is 0 Å². The number of hydrogen-bond donors (Lipinski definition) is 1. The Morgan fingerprint density at radius 2 is 1.82 bits per heavy atom. The van der Waals surface area contributed by atoms with Gasteiger partial charge < -0.3 is 19.4 Å². The van der Waals surface area contributed by atoms with Crippen LogP contribution in [0.25, 0.3) is 0 Å². The number of benzene rings is 1. The number of unbranched alkanes of at least 4 members (excludes halogenated alkanes) is 4. The van der Waals surface area contributed by atoms with Gasteiger partial charge in [-0.15, -0.1) is 0 Å². The zero-order valence-electron chi connectivity index (χ0n) is 17.3. The minimum Gasteiger partial charge on any atom is -0.862 e. The predicted octanol–water partition coefficient (Wildman–Crippen LogP) is -2.74. The second-order valence-corrected chi connectivity index (χ2v) is 8.10. The van der Waals surface area contributed by atoms with Crippen LogP contribution < -0.4 is 69.1 Å². The minimum absolute atomic E-state index is 0. The normalized spacial score (nSPS) is 18.8. The van der Waals surface area contributed by atoms with E-state index in [1.54, 1.807) is 12.1 Å². The number of phosphoric ester groups is 1. The summed E-state index contributed by atoms with van der Waals surface area (Å²) in [5.41, 5.74) is -0.439. The van der Waals surface area contributed by atoms with Crippen molar-refractivity contribution >= 4 is 13.7 Å². The van der Waals surface area contributed by atoms with Crippen molar-refractivity contribution in [2.45, 2.75) is 76.4 Å². The van der Waals surface area contributed by atoms with Crippen molar-refractivity contribution < 1.29 is 83.1 Å². The Kier molecular flexibility index (Phi) is 14.4. The fourth-order valence-electron chi connectivity index (χ4n) is 3.39. The third-order valence-electron chi connectivity index (χ3n) is 4.88.